The zero-order valence-corrected chi connectivity index (χ0v) is 10.2. The molecule has 2 rings (SSSR count). The Morgan fingerprint density at radius 1 is 1.53 bits per heavy atom. The van der Waals surface area contributed by atoms with E-state index in [2.05, 4.69) is 5.32 Å². The highest BCUT2D eigenvalue weighted by atomic mass is 35.5. The second-order valence-corrected chi connectivity index (χ2v) is 4.63. The molecule has 0 unspecified atom stereocenters. The molecule has 1 aromatic rings. The van der Waals surface area contributed by atoms with Crippen LogP contribution < -0.4 is 10.1 Å². The topological polar surface area (TPSA) is 58.6 Å². The lowest BCUT2D eigenvalue weighted by atomic mass is 9.80. The van der Waals surface area contributed by atoms with Gasteiger partial charge in [-0.1, -0.05) is 11.6 Å². The first-order valence-corrected chi connectivity index (χ1v) is 5.81. The van der Waals surface area contributed by atoms with Crippen molar-refractivity contribution in [2.24, 2.45) is 5.92 Å². The molecular weight excluding hydrogens is 242 g/mol. The molecule has 4 nitrogen and oxygen atoms in total. The number of hydrogen-bond donors (Lipinski definition) is 2. The van der Waals surface area contributed by atoms with Crippen molar-refractivity contribution in [2.75, 3.05) is 12.4 Å². The number of carboxylic acids is 1. The molecule has 0 radical (unpaired) electrons. The Balaban J connectivity index is 2.00. The molecular formula is C12H14ClNO3. The summed E-state index contributed by atoms with van der Waals surface area (Å²) in [5.41, 5.74) is 0.814. The number of carbonyl (C=O) groups is 1. The molecule has 0 amide bonds. The van der Waals surface area contributed by atoms with E-state index in [-0.39, 0.29) is 12.0 Å². The Morgan fingerprint density at radius 3 is 2.82 bits per heavy atom. The maximum atomic E-state index is 10.7. The van der Waals surface area contributed by atoms with Crippen LogP contribution in [0.15, 0.2) is 18.2 Å². The number of nitrogens with one attached hydrogen (secondary N) is 1. The lowest BCUT2D eigenvalue weighted by molar-refractivity contribution is -0.144. The van der Waals surface area contributed by atoms with Gasteiger partial charge in [0, 0.05) is 11.1 Å². The van der Waals surface area contributed by atoms with Crippen molar-refractivity contribution in [1.82, 2.24) is 0 Å². The Kier molecular flexibility index (Phi) is 3.43. The van der Waals surface area contributed by atoms with Crippen LogP contribution in [0.25, 0.3) is 0 Å². The summed E-state index contributed by atoms with van der Waals surface area (Å²) in [4.78, 5) is 10.7. The number of rotatable bonds is 4. The molecule has 0 aromatic heterocycles. The first-order valence-electron chi connectivity index (χ1n) is 5.43. The summed E-state index contributed by atoms with van der Waals surface area (Å²) < 4.78 is 5.21. The minimum Gasteiger partial charge on any atom is -0.495 e. The van der Waals surface area contributed by atoms with Gasteiger partial charge >= 0.3 is 5.97 Å². The van der Waals surface area contributed by atoms with Crippen LogP contribution in [0, 0.1) is 5.92 Å². The highest BCUT2D eigenvalue weighted by Gasteiger charge is 2.34. The number of benzene rings is 1. The van der Waals surface area contributed by atoms with Crippen LogP contribution in [0.4, 0.5) is 5.69 Å². The molecule has 1 fully saturated rings. The summed E-state index contributed by atoms with van der Waals surface area (Å²) >= 11 is 5.91. The number of hydrogen-bond acceptors (Lipinski definition) is 3. The summed E-state index contributed by atoms with van der Waals surface area (Å²) in [6.07, 6.45) is 1.29. The zero-order valence-electron chi connectivity index (χ0n) is 9.44. The van der Waals surface area contributed by atoms with Crippen molar-refractivity contribution in [3.8, 4) is 5.75 Å². The minimum absolute atomic E-state index is 0.184. The monoisotopic (exact) mass is 255 g/mol. The number of carboxylic acid groups (broad SMARTS) is 1. The van der Waals surface area contributed by atoms with Gasteiger partial charge in [0.25, 0.3) is 0 Å². The normalized spacial score (nSPS) is 22.7. The Hall–Kier alpha value is -1.42. The predicted molar refractivity (Wildman–Crippen MR) is 65.8 cm³/mol. The lowest BCUT2D eigenvalue weighted by Crippen LogP contribution is -2.39. The van der Waals surface area contributed by atoms with E-state index in [1.165, 1.54) is 0 Å². The van der Waals surface area contributed by atoms with Crippen molar-refractivity contribution in [2.45, 2.75) is 18.9 Å². The van der Waals surface area contributed by atoms with Gasteiger partial charge < -0.3 is 15.2 Å². The molecule has 0 heterocycles. The third-order valence-electron chi connectivity index (χ3n) is 3.01. The molecule has 0 spiro atoms. The fraction of sp³-hybridized carbons (Fsp3) is 0.417. The minimum atomic E-state index is -0.721. The van der Waals surface area contributed by atoms with Crippen molar-refractivity contribution < 1.29 is 14.6 Å². The van der Waals surface area contributed by atoms with E-state index in [4.69, 9.17) is 21.4 Å². The smallest absolute Gasteiger partial charge is 0.306 e. The van der Waals surface area contributed by atoms with Gasteiger partial charge in [-0.05, 0) is 31.0 Å². The number of aliphatic carboxylic acids is 1. The molecule has 1 saturated carbocycles. The number of methoxy groups -OCH3 is 1. The predicted octanol–water partition coefficient (Wildman–Crippen LogP) is 2.62. The first kappa shape index (κ1) is 12.0. The van der Waals surface area contributed by atoms with Crippen LogP contribution in [0.2, 0.25) is 5.02 Å². The molecule has 0 saturated heterocycles. The van der Waals surface area contributed by atoms with Crippen molar-refractivity contribution in [3.05, 3.63) is 23.2 Å². The van der Waals surface area contributed by atoms with Crippen LogP contribution >= 0.6 is 11.6 Å². The second kappa shape index (κ2) is 4.84. The van der Waals surface area contributed by atoms with Gasteiger partial charge in [0.1, 0.15) is 5.75 Å². The number of anilines is 1. The van der Waals surface area contributed by atoms with E-state index >= 15 is 0 Å². The van der Waals surface area contributed by atoms with Crippen LogP contribution in [-0.4, -0.2) is 24.2 Å². The highest BCUT2D eigenvalue weighted by Crippen LogP contribution is 2.34. The fourth-order valence-electron chi connectivity index (χ4n) is 1.95. The van der Waals surface area contributed by atoms with E-state index in [0.29, 0.717) is 23.6 Å². The lowest BCUT2D eigenvalue weighted by Gasteiger charge is -2.34. The third kappa shape index (κ3) is 2.64. The Labute approximate surface area is 105 Å². The number of ether oxygens (including phenoxy) is 1. The summed E-state index contributed by atoms with van der Waals surface area (Å²) in [7, 11) is 1.59. The number of halogens is 1. The summed E-state index contributed by atoms with van der Waals surface area (Å²) in [5.74, 6) is -0.230. The first-order chi connectivity index (χ1) is 8.10. The van der Waals surface area contributed by atoms with E-state index in [1.807, 2.05) is 0 Å². The van der Waals surface area contributed by atoms with Gasteiger partial charge in [-0.15, -0.1) is 0 Å². The Morgan fingerprint density at radius 2 is 2.24 bits per heavy atom. The highest BCUT2D eigenvalue weighted by molar-refractivity contribution is 6.30. The average molecular weight is 256 g/mol. The second-order valence-electron chi connectivity index (χ2n) is 4.19. The van der Waals surface area contributed by atoms with E-state index in [9.17, 15) is 4.79 Å². The Bertz CT molecular complexity index is 430. The molecule has 0 atom stereocenters. The van der Waals surface area contributed by atoms with Crippen molar-refractivity contribution in [3.63, 3.8) is 0 Å². The molecule has 0 aliphatic heterocycles. The van der Waals surface area contributed by atoms with Crippen LogP contribution in [0.1, 0.15) is 12.8 Å². The van der Waals surface area contributed by atoms with Crippen molar-refractivity contribution >= 4 is 23.3 Å². The quantitative estimate of drug-likeness (QED) is 0.868. The summed E-state index contributed by atoms with van der Waals surface area (Å²) in [6.45, 7) is 0. The van der Waals surface area contributed by atoms with E-state index < -0.39 is 5.97 Å². The zero-order chi connectivity index (χ0) is 12.4. The molecule has 17 heavy (non-hydrogen) atoms. The molecule has 1 aliphatic carbocycles. The standard InChI is InChI=1S/C12H14ClNO3/c1-17-11-3-2-8(13)6-10(11)14-9-4-7(5-9)12(15)16/h2-3,6-7,9,14H,4-5H2,1H3,(H,15,16). The summed E-state index contributed by atoms with van der Waals surface area (Å²) in [5, 5.41) is 12.7. The van der Waals surface area contributed by atoms with Gasteiger partial charge in [-0.2, -0.15) is 0 Å². The molecule has 1 aliphatic rings. The largest absolute Gasteiger partial charge is 0.495 e. The van der Waals surface area contributed by atoms with Crippen LogP contribution in [0.5, 0.6) is 5.75 Å². The van der Waals surface area contributed by atoms with Crippen molar-refractivity contribution in [1.29, 1.82) is 0 Å². The maximum absolute atomic E-state index is 10.7. The SMILES string of the molecule is COc1ccc(Cl)cc1NC1CC(C(=O)O)C1. The van der Waals surface area contributed by atoms with E-state index in [1.54, 1.807) is 25.3 Å². The van der Waals surface area contributed by atoms with Gasteiger partial charge in [0.05, 0.1) is 18.7 Å². The van der Waals surface area contributed by atoms with Gasteiger partial charge in [0.2, 0.25) is 0 Å². The maximum Gasteiger partial charge on any atom is 0.306 e. The summed E-state index contributed by atoms with van der Waals surface area (Å²) in [6, 6.07) is 5.52. The van der Waals surface area contributed by atoms with E-state index in [0.717, 1.165) is 5.69 Å². The van der Waals surface area contributed by atoms with Gasteiger partial charge in [0.15, 0.2) is 0 Å². The van der Waals surface area contributed by atoms with Crippen LogP contribution in [0.3, 0.4) is 0 Å². The average Bonchev–Trinajstić information content (AvgIpc) is 2.22. The van der Waals surface area contributed by atoms with Gasteiger partial charge in [-0.25, -0.2) is 0 Å². The molecule has 1 aromatic carbocycles. The molecule has 92 valence electrons. The fourth-order valence-corrected chi connectivity index (χ4v) is 2.12. The third-order valence-corrected chi connectivity index (χ3v) is 3.24. The molecule has 2 N–H and O–H groups in total. The molecule has 5 heteroatoms. The van der Waals surface area contributed by atoms with Gasteiger partial charge in [-0.3, -0.25) is 4.79 Å². The van der Waals surface area contributed by atoms with Crippen LogP contribution in [-0.2, 0) is 4.79 Å². The molecule has 0 bridgehead atoms.